The molecule has 90 valence electrons. The lowest BCUT2D eigenvalue weighted by atomic mass is 10.2. The second-order valence-corrected chi connectivity index (χ2v) is 6.02. The summed E-state index contributed by atoms with van der Waals surface area (Å²) in [5.74, 6) is 0. The van der Waals surface area contributed by atoms with E-state index >= 15 is 0 Å². The largest absolute Gasteiger partial charge is 0.297 e. The molecule has 2 rings (SSSR count). The van der Waals surface area contributed by atoms with Crippen LogP contribution >= 0.6 is 38.9 Å². The van der Waals surface area contributed by atoms with E-state index in [1.165, 1.54) is 11.3 Å². The minimum absolute atomic E-state index is 0.557. The molecule has 0 fully saturated rings. The zero-order chi connectivity index (χ0) is 12.1. The van der Waals surface area contributed by atoms with Gasteiger partial charge >= 0.3 is 0 Å². The minimum Gasteiger partial charge on any atom is -0.297 e. The van der Waals surface area contributed by atoms with Gasteiger partial charge in [0.15, 0.2) is 0 Å². The van der Waals surface area contributed by atoms with E-state index in [0.29, 0.717) is 13.2 Å². The summed E-state index contributed by atoms with van der Waals surface area (Å²) in [6.07, 6.45) is 0. The van der Waals surface area contributed by atoms with E-state index in [9.17, 15) is 0 Å². The van der Waals surface area contributed by atoms with Crippen LogP contribution in [0.15, 0.2) is 40.9 Å². The normalized spacial score (nSPS) is 10.7. The van der Waals surface area contributed by atoms with Crippen molar-refractivity contribution in [2.24, 2.45) is 0 Å². The molecule has 2 aromatic rings. The van der Waals surface area contributed by atoms with Gasteiger partial charge in [-0.05, 0) is 27.6 Å². The fraction of sp³-hybridized carbons (Fsp3) is 0.167. The number of benzene rings is 1. The Morgan fingerprint density at radius 2 is 2.06 bits per heavy atom. The average molecular weight is 333 g/mol. The SMILES string of the molecule is Clc1sc(CNOCc2ccccc2)cc1Br. The van der Waals surface area contributed by atoms with E-state index in [2.05, 4.69) is 21.4 Å². The summed E-state index contributed by atoms with van der Waals surface area (Å²) in [6.45, 7) is 1.21. The fourth-order valence-corrected chi connectivity index (χ4v) is 3.03. The van der Waals surface area contributed by atoms with Crippen LogP contribution in [0.5, 0.6) is 0 Å². The molecule has 0 bridgehead atoms. The van der Waals surface area contributed by atoms with E-state index < -0.39 is 0 Å². The van der Waals surface area contributed by atoms with Crippen molar-refractivity contribution in [2.75, 3.05) is 0 Å². The highest BCUT2D eigenvalue weighted by atomic mass is 79.9. The molecular weight excluding hydrogens is 322 g/mol. The standard InChI is InChI=1S/C12H11BrClNOS/c13-11-6-10(17-12(11)14)7-15-16-8-9-4-2-1-3-5-9/h1-6,15H,7-8H2. The molecule has 5 heteroatoms. The van der Waals surface area contributed by atoms with Crippen molar-refractivity contribution < 1.29 is 4.84 Å². The first-order chi connectivity index (χ1) is 8.25. The Bertz CT molecular complexity index is 455. The third-order valence-corrected chi connectivity index (χ3v) is 4.60. The van der Waals surface area contributed by atoms with Crippen LogP contribution in [0.3, 0.4) is 0 Å². The van der Waals surface area contributed by atoms with Crippen molar-refractivity contribution in [1.82, 2.24) is 5.48 Å². The molecule has 0 amide bonds. The zero-order valence-corrected chi connectivity index (χ0v) is 12.1. The second-order valence-electron chi connectivity index (χ2n) is 3.43. The summed E-state index contributed by atoms with van der Waals surface area (Å²) in [4.78, 5) is 6.51. The molecule has 0 radical (unpaired) electrons. The van der Waals surface area contributed by atoms with Gasteiger partial charge in [0.05, 0.1) is 13.2 Å². The molecule has 0 aliphatic carbocycles. The molecule has 0 unspecified atom stereocenters. The summed E-state index contributed by atoms with van der Waals surface area (Å²) in [5.41, 5.74) is 4.07. The van der Waals surface area contributed by atoms with Gasteiger partial charge in [0.2, 0.25) is 0 Å². The van der Waals surface area contributed by atoms with E-state index in [4.69, 9.17) is 16.4 Å². The highest BCUT2D eigenvalue weighted by Crippen LogP contribution is 2.31. The summed E-state index contributed by atoms with van der Waals surface area (Å²) in [6, 6.07) is 12.0. The molecule has 0 saturated heterocycles. The van der Waals surface area contributed by atoms with Gasteiger partial charge in [-0.1, -0.05) is 41.9 Å². The number of halogens is 2. The van der Waals surface area contributed by atoms with Crippen LogP contribution in [-0.4, -0.2) is 0 Å². The molecule has 1 aromatic carbocycles. The van der Waals surface area contributed by atoms with Crippen LogP contribution in [0, 0.1) is 0 Å². The van der Waals surface area contributed by atoms with Crippen molar-refractivity contribution in [3.05, 3.63) is 55.6 Å². The van der Waals surface area contributed by atoms with E-state index in [-0.39, 0.29) is 0 Å². The van der Waals surface area contributed by atoms with Gasteiger partial charge in [-0.15, -0.1) is 11.3 Å². The first kappa shape index (κ1) is 13.1. The lowest BCUT2D eigenvalue weighted by Gasteiger charge is -2.04. The maximum atomic E-state index is 5.94. The van der Waals surface area contributed by atoms with E-state index in [0.717, 1.165) is 19.2 Å². The predicted molar refractivity (Wildman–Crippen MR) is 75.1 cm³/mol. The molecule has 1 aromatic heterocycles. The van der Waals surface area contributed by atoms with Crippen LogP contribution in [0.25, 0.3) is 0 Å². The van der Waals surface area contributed by atoms with Gasteiger partial charge in [0.1, 0.15) is 4.34 Å². The van der Waals surface area contributed by atoms with Crippen LogP contribution in [-0.2, 0) is 18.0 Å². The Labute approximate surface area is 118 Å². The van der Waals surface area contributed by atoms with Crippen molar-refractivity contribution in [1.29, 1.82) is 0 Å². The highest BCUT2D eigenvalue weighted by Gasteiger charge is 2.03. The van der Waals surface area contributed by atoms with Gasteiger partial charge in [0, 0.05) is 9.35 Å². The van der Waals surface area contributed by atoms with Gasteiger partial charge in [-0.2, -0.15) is 5.48 Å². The number of hydrogen-bond donors (Lipinski definition) is 1. The summed E-state index contributed by atoms with van der Waals surface area (Å²) < 4.78 is 1.70. The summed E-state index contributed by atoms with van der Waals surface area (Å²) in [7, 11) is 0. The van der Waals surface area contributed by atoms with Gasteiger partial charge in [-0.25, -0.2) is 0 Å². The minimum atomic E-state index is 0.557. The Kier molecular flexibility index (Phi) is 5.00. The third kappa shape index (κ3) is 4.08. The van der Waals surface area contributed by atoms with Gasteiger partial charge in [-0.3, -0.25) is 4.84 Å². The van der Waals surface area contributed by atoms with Crippen LogP contribution < -0.4 is 5.48 Å². The lowest BCUT2D eigenvalue weighted by Crippen LogP contribution is -2.12. The fourth-order valence-electron chi connectivity index (χ4n) is 1.31. The topological polar surface area (TPSA) is 21.3 Å². The van der Waals surface area contributed by atoms with Crippen LogP contribution in [0.4, 0.5) is 0 Å². The Morgan fingerprint density at radius 3 is 2.71 bits per heavy atom. The van der Waals surface area contributed by atoms with Crippen LogP contribution in [0.2, 0.25) is 4.34 Å². The number of thiophene rings is 1. The average Bonchev–Trinajstić information content (AvgIpc) is 2.66. The number of hydroxylamine groups is 1. The molecule has 0 aliphatic heterocycles. The first-order valence-corrected chi connectivity index (χ1v) is 7.07. The summed E-state index contributed by atoms with van der Waals surface area (Å²) in [5, 5.41) is 0. The molecule has 1 heterocycles. The summed E-state index contributed by atoms with van der Waals surface area (Å²) >= 11 is 10.8. The van der Waals surface area contributed by atoms with Crippen molar-refractivity contribution >= 4 is 38.9 Å². The Morgan fingerprint density at radius 1 is 1.29 bits per heavy atom. The van der Waals surface area contributed by atoms with Crippen molar-refractivity contribution in [2.45, 2.75) is 13.2 Å². The molecule has 17 heavy (non-hydrogen) atoms. The van der Waals surface area contributed by atoms with Crippen molar-refractivity contribution in [3.63, 3.8) is 0 Å². The number of nitrogens with one attached hydrogen (secondary N) is 1. The van der Waals surface area contributed by atoms with E-state index in [1.807, 2.05) is 36.4 Å². The molecule has 0 saturated carbocycles. The second kappa shape index (κ2) is 6.52. The van der Waals surface area contributed by atoms with Gasteiger partial charge < -0.3 is 0 Å². The quantitative estimate of drug-likeness (QED) is 0.648. The maximum Gasteiger partial charge on any atom is 0.107 e. The highest BCUT2D eigenvalue weighted by molar-refractivity contribution is 9.10. The van der Waals surface area contributed by atoms with Gasteiger partial charge in [0.25, 0.3) is 0 Å². The molecule has 2 nitrogen and oxygen atoms in total. The molecule has 0 atom stereocenters. The molecule has 0 aliphatic rings. The molecular formula is C12H11BrClNOS. The zero-order valence-electron chi connectivity index (χ0n) is 8.95. The molecule has 1 N–H and O–H groups in total. The number of hydrogen-bond acceptors (Lipinski definition) is 3. The monoisotopic (exact) mass is 331 g/mol. The van der Waals surface area contributed by atoms with Crippen LogP contribution in [0.1, 0.15) is 10.4 Å². The first-order valence-electron chi connectivity index (χ1n) is 5.08. The van der Waals surface area contributed by atoms with Crippen molar-refractivity contribution in [3.8, 4) is 0 Å². The molecule has 0 spiro atoms. The lowest BCUT2D eigenvalue weighted by molar-refractivity contribution is 0.0240. The maximum absolute atomic E-state index is 5.94. The third-order valence-electron chi connectivity index (χ3n) is 2.13. The Hall–Kier alpha value is -0.390. The number of rotatable bonds is 5. The predicted octanol–water partition coefficient (Wildman–Crippen LogP) is 4.39. The smallest absolute Gasteiger partial charge is 0.107 e. The van der Waals surface area contributed by atoms with E-state index in [1.54, 1.807) is 0 Å². The Balaban J connectivity index is 1.73.